The minimum absolute atomic E-state index is 0.191. The highest BCUT2D eigenvalue weighted by atomic mass is 16.7. The van der Waals surface area contributed by atoms with E-state index in [1.165, 1.54) is 89.9 Å². The van der Waals surface area contributed by atoms with Crippen LogP contribution in [0, 0.1) is 0 Å². The summed E-state index contributed by atoms with van der Waals surface area (Å²) in [5.74, 6) is -0.191. The molecular formula is C37H69NO8. The van der Waals surface area contributed by atoms with E-state index in [1.807, 2.05) is 6.08 Å². The summed E-state index contributed by atoms with van der Waals surface area (Å²) in [6, 6.07) is -0.813. The summed E-state index contributed by atoms with van der Waals surface area (Å²) >= 11 is 0. The van der Waals surface area contributed by atoms with Crippen LogP contribution in [0.25, 0.3) is 0 Å². The SMILES string of the molecule is CCCCCC/C=C/CC/C=C/[C@@H](O)[C@H](CO[C@H]1O[C@@H](CO)[C@H](O)C(O)C1O)NC(=O)CCCCCCCCCCCCCCC. The summed E-state index contributed by atoms with van der Waals surface area (Å²) in [4.78, 5) is 12.8. The topological polar surface area (TPSA) is 149 Å². The quantitative estimate of drug-likeness (QED) is 0.0425. The van der Waals surface area contributed by atoms with Gasteiger partial charge >= 0.3 is 0 Å². The van der Waals surface area contributed by atoms with E-state index < -0.39 is 49.5 Å². The average molecular weight is 656 g/mol. The summed E-state index contributed by atoms with van der Waals surface area (Å²) in [5, 5.41) is 53.7. The molecule has 1 aliphatic heterocycles. The van der Waals surface area contributed by atoms with Crippen molar-refractivity contribution >= 4 is 5.91 Å². The first-order chi connectivity index (χ1) is 22.3. The molecule has 9 nitrogen and oxygen atoms in total. The third-order valence-corrected chi connectivity index (χ3v) is 8.78. The Morgan fingerprint density at radius 2 is 1.24 bits per heavy atom. The molecule has 0 saturated carbocycles. The van der Waals surface area contributed by atoms with Crippen molar-refractivity contribution in [1.82, 2.24) is 5.32 Å². The molecule has 0 aromatic carbocycles. The van der Waals surface area contributed by atoms with Crippen LogP contribution in [0.1, 0.15) is 149 Å². The smallest absolute Gasteiger partial charge is 0.220 e. The maximum absolute atomic E-state index is 12.8. The molecule has 1 saturated heterocycles. The Labute approximate surface area is 279 Å². The average Bonchev–Trinajstić information content (AvgIpc) is 3.05. The molecule has 1 heterocycles. The number of aliphatic hydroxyl groups excluding tert-OH is 5. The molecule has 0 aromatic heterocycles. The van der Waals surface area contributed by atoms with E-state index in [0.717, 1.165) is 38.5 Å². The third-order valence-electron chi connectivity index (χ3n) is 8.78. The summed E-state index contributed by atoms with van der Waals surface area (Å²) in [6.45, 7) is 3.68. The molecule has 9 heteroatoms. The fraction of sp³-hybridized carbons (Fsp3) is 0.865. The van der Waals surface area contributed by atoms with Crippen molar-refractivity contribution in [3.63, 3.8) is 0 Å². The van der Waals surface area contributed by atoms with Crippen molar-refractivity contribution < 1.29 is 39.8 Å². The molecule has 1 aliphatic rings. The highest BCUT2D eigenvalue weighted by molar-refractivity contribution is 5.76. The lowest BCUT2D eigenvalue weighted by Gasteiger charge is -2.40. The van der Waals surface area contributed by atoms with Gasteiger partial charge < -0.3 is 40.3 Å². The molecule has 0 spiro atoms. The van der Waals surface area contributed by atoms with Crippen molar-refractivity contribution in [2.24, 2.45) is 0 Å². The number of ether oxygens (including phenoxy) is 2. The Morgan fingerprint density at radius 3 is 1.83 bits per heavy atom. The van der Waals surface area contributed by atoms with E-state index in [1.54, 1.807) is 6.08 Å². The van der Waals surface area contributed by atoms with Crippen LogP contribution in [0.4, 0.5) is 0 Å². The van der Waals surface area contributed by atoms with Gasteiger partial charge in [-0.05, 0) is 32.1 Å². The first kappa shape index (κ1) is 42.7. The maximum atomic E-state index is 12.8. The molecule has 0 radical (unpaired) electrons. The first-order valence-corrected chi connectivity index (χ1v) is 18.6. The molecule has 6 N–H and O–H groups in total. The first-order valence-electron chi connectivity index (χ1n) is 18.6. The summed E-state index contributed by atoms with van der Waals surface area (Å²) < 4.78 is 11.1. The van der Waals surface area contributed by atoms with Crippen molar-refractivity contribution in [3.8, 4) is 0 Å². The summed E-state index contributed by atoms with van der Waals surface area (Å²) in [7, 11) is 0. The highest BCUT2D eigenvalue weighted by Gasteiger charge is 2.44. The second-order valence-corrected chi connectivity index (χ2v) is 13.0. The van der Waals surface area contributed by atoms with Crippen molar-refractivity contribution in [2.45, 2.75) is 192 Å². The fourth-order valence-corrected chi connectivity index (χ4v) is 5.70. The minimum atomic E-state index is -1.57. The molecule has 0 aliphatic carbocycles. The molecule has 1 rings (SSSR count). The Balaban J connectivity index is 2.48. The number of hydrogen-bond donors (Lipinski definition) is 6. The molecule has 2 unspecified atom stereocenters. The number of carbonyl (C=O) groups is 1. The zero-order valence-electron chi connectivity index (χ0n) is 29.1. The van der Waals surface area contributed by atoms with Gasteiger partial charge in [-0.3, -0.25) is 4.79 Å². The minimum Gasteiger partial charge on any atom is -0.394 e. The van der Waals surface area contributed by atoms with Gasteiger partial charge in [-0.25, -0.2) is 0 Å². The van der Waals surface area contributed by atoms with Gasteiger partial charge in [0.15, 0.2) is 6.29 Å². The Bertz CT molecular complexity index is 776. The molecule has 0 bridgehead atoms. The van der Waals surface area contributed by atoms with Crippen LogP contribution in [0.2, 0.25) is 0 Å². The van der Waals surface area contributed by atoms with Crippen molar-refractivity contribution in [2.75, 3.05) is 13.2 Å². The zero-order valence-corrected chi connectivity index (χ0v) is 29.1. The zero-order chi connectivity index (χ0) is 33.8. The lowest BCUT2D eigenvalue weighted by Crippen LogP contribution is -2.60. The van der Waals surface area contributed by atoms with Gasteiger partial charge in [0.05, 0.1) is 25.4 Å². The van der Waals surface area contributed by atoms with Gasteiger partial charge in [0.25, 0.3) is 0 Å². The Kier molecular flexibility index (Phi) is 26.6. The van der Waals surface area contributed by atoms with Gasteiger partial charge in [-0.15, -0.1) is 0 Å². The van der Waals surface area contributed by atoms with E-state index in [-0.39, 0.29) is 12.5 Å². The van der Waals surface area contributed by atoms with Crippen LogP contribution in [0.15, 0.2) is 24.3 Å². The summed E-state index contributed by atoms with van der Waals surface area (Å²) in [6.07, 6.45) is 23.7. The number of nitrogens with one attached hydrogen (secondary N) is 1. The highest BCUT2D eigenvalue weighted by Crippen LogP contribution is 2.22. The van der Waals surface area contributed by atoms with Crippen LogP contribution in [0.3, 0.4) is 0 Å². The van der Waals surface area contributed by atoms with E-state index >= 15 is 0 Å². The lowest BCUT2D eigenvalue weighted by atomic mass is 9.99. The lowest BCUT2D eigenvalue weighted by molar-refractivity contribution is -0.302. The molecule has 1 fully saturated rings. The van der Waals surface area contributed by atoms with Gasteiger partial charge in [0.2, 0.25) is 5.91 Å². The van der Waals surface area contributed by atoms with Crippen LogP contribution < -0.4 is 5.32 Å². The van der Waals surface area contributed by atoms with Gasteiger partial charge in [-0.1, -0.05) is 134 Å². The number of allylic oxidation sites excluding steroid dienone is 3. The molecular weight excluding hydrogens is 586 g/mol. The van der Waals surface area contributed by atoms with Crippen LogP contribution >= 0.6 is 0 Å². The van der Waals surface area contributed by atoms with Gasteiger partial charge in [-0.2, -0.15) is 0 Å². The molecule has 1 amide bonds. The fourth-order valence-electron chi connectivity index (χ4n) is 5.70. The number of rotatable bonds is 29. The van der Waals surface area contributed by atoms with Crippen LogP contribution in [-0.2, 0) is 14.3 Å². The van der Waals surface area contributed by atoms with Crippen molar-refractivity contribution in [1.29, 1.82) is 0 Å². The maximum Gasteiger partial charge on any atom is 0.220 e. The van der Waals surface area contributed by atoms with Gasteiger partial charge in [0, 0.05) is 6.42 Å². The summed E-state index contributed by atoms with van der Waals surface area (Å²) in [5.41, 5.74) is 0. The number of hydrogen-bond acceptors (Lipinski definition) is 8. The second-order valence-electron chi connectivity index (χ2n) is 13.0. The van der Waals surface area contributed by atoms with E-state index in [0.29, 0.717) is 6.42 Å². The largest absolute Gasteiger partial charge is 0.394 e. The Morgan fingerprint density at radius 1 is 0.717 bits per heavy atom. The molecule has 0 aromatic rings. The molecule has 270 valence electrons. The molecule has 7 atom stereocenters. The number of aliphatic hydroxyl groups is 5. The van der Waals surface area contributed by atoms with E-state index in [9.17, 15) is 30.3 Å². The number of unbranched alkanes of at least 4 members (excludes halogenated alkanes) is 17. The predicted octanol–water partition coefficient (Wildman–Crippen LogP) is 5.99. The standard InChI is InChI=1S/C37H69NO8/c1-3-5-7-9-11-13-15-16-17-19-21-23-25-27-33(41)38-30(29-45-37-36(44)35(43)34(42)32(28-39)46-37)31(40)26-24-22-20-18-14-12-10-8-6-4-2/h14,18,24,26,30-32,34-37,39-40,42-44H,3-13,15-17,19-23,25,27-29H2,1-2H3,(H,38,41)/b18-14+,26-24+/t30-,31+,32-,34-,35?,36?,37-/m0/s1. The Hall–Kier alpha value is -1.33. The van der Waals surface area contributed by atoms with Crippen molar-refractivity contribution in [3.05, 3.63) is 24.3 Å². The van der Waals surface area contributed by atoms with Crippen LogP contribution in [-0.4, -0.2) is 87.5 Å². The van der Waals surface area contributed by atoms with E-state index in [4.69, 9.17) is 9.47 Å². The number of carbonyl (C=O) groups excluding carboxylic acids is 1. The third kappa shape index (κ3) is 20.1. The monoisotopic (exact) mass is 656 g/mol. The molecule has 46 heavy (non-hydrogen) atoms. The normalized spacial score (nSPS) is 23.3. The van der Waals surface area contributed by atoms with Gasteiger partial charge in [0.1, 0.15) is 24.4 Å². The van der Waals surface area contributed by atoms with Crippen LogP contribution in [0.5, 0.6) is 0 Å². The second kappa shape index (κ2) is 28.7. The number of amides is 1. The van der Waals surface area contributed by atoms with E-state index in [2.05, 4.69) is 31.3 Å². The predicted molar refractivity (Wildman–Crippen MR) is 184 cm³/mol.